The van der Waals surface area contributed by atoms with E-state index in [1.54, 1.807) is 6.92 Å². The lowest BCUT2D eigenvalue weighted by Gasteiger charge is -2.27. The van der Waals surface area contributed by atoms with Gasteiger partial charge in [-0.2, -0.15) is 0 Å². The SMILES string of the molecule is CC(=O)c1c(C)n(-c2ccc(Cl)cc2)c2cc(Br)c(O)c(CN3CCOCC3)c12. The van der Waals surface area contributed by atoms with Gasteiger partial charge in [-0.25, -0.2) is 0 Å². The number of aromatic nitrogens is 1. The van der Waals surface area contributed by atoms with Gasteiger partial charge >= 0.3 is 0 Å². The van der Waals surface area contributed by atoms with Gasteiger partial charge in [0.2, 0.25) is 0 Å². The van der Waals surface area contributed by atoms with E-state index in [1.165, 1.54) is 0 Å². The highest BCUT2D eigenvalue weighted by Crippen LogP contribution is 2.41. The minimum Gasteiger partial charge on any atom is -0.506 e. The minimum absolute atomic E-state index is 0.0230. The smallest absolute Gasteiger partial charge is 0.162 e. The number of fused-ring (bicyclic) bond motifs is 1. The van der Waals surface area contributed by atoms with Gasteiger partial charge in [0.05, 0.1) is 23.2 Å². The van der Waals surface area contributed by atoms with E-state index in [4.69, 9.17) is 16.3 Å². The zero-order valence-corrected chi connectivity index (χ0v) is 18.7. The second-order valence-electron chi connectivity index (χ2n) is 7.30. The Bertz CT molecular complexity index is 1090. The van der Waals surface area contributed by atoms with Gasteiger partial charge in [-0.1, -0.05) is 11.6 Å². The maximum atomic E-state index is 12.7. The zero-order valence-electron chi connectivity index (χ0n) is 16.3. The Morgan fingerprint density at radius 3 is 2.52 bits per heavy atom. The first kappa shape index (κ1) is 20.4. The van der Waals surface area contributed by atoms with E-state index >= 15 is 0 Å². The fraction of sp³-hybridized carbons (Fsp3) is 0.318. The summed E-state index contributed by atoms with van der Waals surface area (Å²) in [6, 6.07) is 9.41. The van der Waals surface area contributed by atoms with Gasteiger partial charge in [0.1, 0.15) is 5.75 Å². The fourth-order valence-corrected chi connectivity index (χ4v) is 4.68. The van der Waals surface area contributed by atoms with Crippen LogP contribution in [0.4, 0.5) is 0 Å². The number of morpholine rings is 1. The highest BCUT2D eigenvalue weighted by molar-refractivity contribution is 9.10. The summed E-state index contributed by atoms with van der Waals surface area (Å²) in [6.45, 7) is 6.99. The first-order chi connectivity index (χ1) is 13.9. The first-order valence-electron chi connectivity index (χ1n) is 9.50. The third-order valence-corrected chi connectivity index (χ3v) is 6.30. The Hall–Kier alpha value is -1.86. The van der Waals surface area contributed by atoms with E-state index in [2.05, 4.69) is 25.4 Å². The van der Waals surface area contributed by atoms with Crippen molar-refractivity contribution in [2.45, 2.75) is 20.4 Å². The van der Waals surface area contributed by atoms with Gasteiger partial charge in [-0.05, 0) is 60.1 Å². The maximum absolute atomic E-state index is 12.7. The zero-order chi connectivity index (χ0) is 20.7. The van der Waals surface area contributed by atoms with Gasteiger partial charge in [-0.15, -0.1) is 0 Å². The molecule has 1 aromatic heterocycles. The molecule has 3 aromatic rings. The molecular formula is C22H22BrClN2O3. The van der Waals surface area contributed by atoms with E-state index in [1.807, 2.05) is 37.3 Å². The van der Waals surface area contributed by atoms with Gasteiger partial charge in [0.15, 0.2) is 5.78 Å². The van der Waals surface area contributed by atoms with Crippen LogP contribution in [-0.4, -0.2) is 46.7 Å². The number of ether oxygens (including phenoxy) is 1. The number of phenols is 1. The molecule has 152 valence electrons. The van der Waals surface area contributed by atoms with Crippen LogP contribution in [0.2, 0.25) is 5.02 Å². The van der Waals surface area contributed by atoms with E-state index < -0.39 is 0 Å². The van der Waals surface area contributed by atoms with Crippen molar-refractivity contribution in [1.29, 1.82) is 0 Å². The Kier molecular flexibility index (Phi) is 5.71. The first-order valence-corrected chi connectivity index (χ1v) is 10.7. The largest absolute Gasteiger partial charge is 0.506 e. The van der Waals surface area contributed by atoms with Crippen LogP contribution in [-0.2, 0) is 11.3 Å². The molecule has 29 heavy (non-hydrogen) atoms. The minimum atomic E-state index is -0.0230. The number of nitrogens with zero attached hydrogens (tertiary/aromatic N) is 2. The third kappa shape index (κ3) is 3.70. The molecule has 1 aliphatic rings. The lowest BCUT2D eigenvalue weighted by Crippen LogP contribution is -2.35. The molecule has 4 rings (SSSR count). The maximum Gasteiger partial charge on any atom is 0.162 e. The molecule has 7 heteroatoms. The number of hydrogen-bond donors (Lipinski definition) is 1. The Morgan fingerprint density at radius 2 is 1.90 bits per heavy atom. The van der Waals surface area contributed by atoms with Crippen LogP contribution in [0.3, 0.4) is 0 Å². The van der Waals surface area contributed by atoms with Gasteiger partial charge in [0, 0.05) is 52.6 Å². The number of carbonyl (C=O) groups excluding carboxylic acids is 1. The highest BCUT2D eigenvalue weighted by Gasteiger charge is 2.26. The average Bonchev–Trinajstić information content (AvgIpc) is 2.99. The number of halogens is 2. The Morgan fingerprint density at radius 1 is 1.24 bits per heavy atom. The molecule has 0 unspecified atom stereocenters. The molecule has 1 aliphatic heterocycles. The van der Waals surface area contributed by atoms with Gasteiger partial charge < -0.3 is 14.4 Å². The molecule has 0 aliphatic carbocycles. The summed E-state index contributed by atoms with van der Waals surface area (Å²) < 4.78 is 8.11. The third-order valence-electron chi connectivity index (χ3n) is 5.44. The van der Waals surface area contributed by atoms with Gasteiger partial charge in [0.25, 0.3) is 0 Å². The van der Waals surface area contributed by atoms with Crippen molar-refractivity contribution in [2.24, 2.45) is 0 Å². The molecule has 0 amide bonds. The van der Waals surface area contributed by atoms with Crippen LogP contribution in [0.1, 0.15) is 28.5 Å². The number of Topliss-reactive ketones (excluding diaryl/α,β-unsaturated/α-hetero) is 1. The normalized spacial score (nSPS) is 15.2. The molecule has 0 radical (unpaired) electrons. The highest BCUT2D eigenvalue weighted by atomic mass is 79.9. The number of hydrogen-bond acceptors (Lipinski definition) is 4. The monoisotopic (exact) mass is 476 g/mol. The predicted octanol–water partition coefficient (Wildman–Crippen LogP) is 5.10. The summed E-state index contributed by atoms with van der Waals surface area (Å²) in [5, 5.41) is 12.4. The summed E-state index contributed by atoms with van der Waals surface area (Å²) in [6.07, 6.45) is 0. The molecule has 0 spiro atoms. The fourth-order valence-electron chi connectivity index (χ4n) is 4.10. The molecule has 5 nitrogen and oxygen atoms in total. The number of benzene rings is 2. The standard InChI is InChI=1S/C22H22BrClN2O3/c1-13-20(14(2)27)21-17(12-25-7-9-29-10-8-25)22(28)18(23)11-19(21)26(13)16-5-3-15(24)4-6-16/h3-6,11,28H,7-10,12H2,1-2H3. The molecule has 0 bridgehead atoms. The molecular weight excluding hydrogens is 456 g/mol. The summed E-state index contributed by atoms with van der Waals surface area (Å²) in [5.41, 5.74) is 4.04. The lowest BCUT2D eigenvalue weighted by molar-refractivity contribution is 0.0340. The van der Waals surface area contributed by atoms with Crippen molar-refractivity contribution in [2.75, 3.05) is 26.3 Å². The summed E-state index contributed by atoms with van der Waals surface area (Å²) in [4.78, 5) is 14.9. The number of aromatic hydroxyl groups is 1. The van der Waals surface area contributed by atoms with E-state index in [0.717, 1.165) is 40.9 Å². The number of carbonyl (C=O) groups is 1. The quantitative estimate of drug-likeness (QED) is 0.532. The topological polar surface area (TPSA) is 54.7 Å². The number of phenolic OH excluding ortho intramolecular Hbond substituents is 1. The van der Waals surface area contributed by atoms with E-state index in [9.17, 15) is 9.90 Å². The second-order valence-corrected chi connectivity index (χ2v) is 8.59. The molecule has 0 saturated carbocycles. The summed E-state index contributed by atoms with van der Waals surface area (Å²) in [5.74, 6) is 0.157. The van der Waals surface area contributed by atoms with Crippen molar-refractivity contribution in [1.82, 2.24) is 9.47 Å². The Balaban J connectivity index is 2.00. The van der Waals surface area contributed by atoms with Crippen molar-refractivity contribution < 1.29 is 14.6 Å². The van der Waals surface area contributed by atoms with Crippen molar-refractivity contribution in [3.05, 3.63) is 56.6 Å². The molecule has 1 saturated heterocycles. The van der Waals surface area contributed by atoms with Crippen LogP contribution >= 0.6 is 27.5 Å². The van der Waals surface area contributed by atoms with E-state index in [-0.39, 0.29) is 11.5 Å². The average molecular weight is 478 g/mol. The Labute approximate surface area is 183 Å². The molecule has 1 N–H and O–H groups in total. The van der Waals surface area contributed by atoms with Crippen LogP contribution in [0.5, 0.6) is 5.75 Å². The second kappa shape index (κ2) is 8.11. The van der Waals surface area contributed by atoms with Crippen LogP contribution < -0.4 is 0 Å². The molecule has 0 atom stereocenters. The van der Waals surface area contributed by atoms with Crippen LogP contribution in [0.15, 0.2) is 34.8 Å². The molecule has 2 aromatic carbocycles. The van der Waals surface area contributed by atoms with Crippen molar-refractivity contribution in [3.8, 4) is 11.4 Å². The van der Waals surface area contributed by atoms with Crippen molar-refractivity contribution >= 4 is 44.2 Å². The molecule has 1 fully saturated rings. The predicted molar refractivity (Wildman–Crippen MR) is 118 cm³/mol. The molecule has 2 heterocycles. The van der Waals surface area contributed by atoms with E-state index in [0.29, 0.717) is 34.8 Å². The van der Waals surface area contributed by atoms with Crippen molar-refractivity contribution in [3.63, 3.8) is 0 Å². The van der Waals surface area contributed by atoms with Gasteiger partial charge in [-0.3, -0.25) is 9.69 Å². The summed E-state index contributed by atoms with van der Waals surface area (Å²) >= 11 is 9.58. The number of rotatable bonds is 4. The van der Waals surface area contributed by atoms with Crippen LogP contribution in [0.25, 0.3) is 16.6 Å². The number of ketones is 1. The summed E-state index contributed by atoms with van der Waals surface area (Å²) in [7, 11) is 0. The lowest BCUT2D eigenvalue weighted by atomic mass is 10.0. The van der Waals surface area contributed by atoms with Crippen LogP contribution in [0, 0.1) is 6.92 Å².